The van der Waals surface area contributed by atoms with E-state index in [0.717, 1.165) is 17.0 Å². The molecule has 1 rings (SSSR count). The van der Waals surface area contributed by atoms with Crippen molar-refractivity contribution in [3.8, 4) is 0 Å². The fraction of sp³-hybridized carbons (Fsp3) is 0.333. The molecule has 0 aliphatic rings. The molecule has 20 heavy (non-hydrogen) atoms. The molecule has 0 bridgehead atoms. The summed E-state index contributed by atoms with van der Waals surface area (Å²) in [6, 6.07) is 3.49. The maximum absolute atomic E-state index is 12.2. The van der Waals surface area contributed by atoms with E-state index < -0.39 is 23.3 Å². The standard InChI is InChI=1S/C12H13ClN2O5/c1-2-3-14(7-11(16)17)12(18)8-4-9(13)6-10(5-8)15(19)20/h4-6H,2-3,7H2,1H3,(H,16,17). The van der Waals surface area contributed by atoms with Crippen LogP contribution in [0.25, 0.3) is 0 Å². The largest absolute Gasteiger partial charge is 0.480 e. The lowest BCUT2D eigenvalue weighted by atomic mass is 10.1. The Balaban J connectivity index is 3.10. The van der Waals surface area contributed by atoms with E-state index in [9.17, 15) is 19.7 Å². The van der Waals surface area contributed by atoms with Crippen LogP contribution in [0.1, 0.15) is 23.7 Å². The van der Waals surface area contributed by atoms with Gasteiger partial charge in [-0.2, -0.15) is 0 Å². The number of nitrogens with zero attached hydrogens (tertiary/aromatic N) is 2. The van der Waals surface area contributed by atoms with Gasteiger partial charge in [0.25, 0.3) is 11.6 Å². The van der Waals surface area contributed by atoms with E-state index in [1.807, 2.05) is 0 Å². The number of benzene rings is 1. The summed E-state index contributed by atoms with van der Waals surface area (Å²) in [6.07, 6.45) is 0.571. The highest BCUT2D eigenvalue weighted by Crippen LogP contribution is 2.22. The second-order valence-electron chi connectivity index (χ2n) is 4.08. The van der Waals surface area contributed by atoms with Crippen LogP contribution in [-0.2, 0) is 4.79 Å². The first-order chi connectivity index (χ1) is 9.35. The summed E-state index contributed by atoms with van der Waals surface area (Å²) in [5.41, 5.74) is -0.313. The van der Waals surface area contributed by atoms with Crippen LogP contribution in [0.15, 0.2) is 18.2 Å². The van der Waals surface area contributed by atoms with Crippen molar-refractivity contribution in [2.75, 3.05) is 13.1 Å². The molecule has 8 heteroatoms. The number of rotatable bonds is 6. The maximum Gasteiger partial charge on any atom is 0.323 e. The normalized spacial score (nSPS) is 10.1. The number of amides is 1. The molecule has 108 valence electrons. The SMILES string of the molecule is CCCN(CC(=O)O)C(=O)c1cc(Cl)cc([N+](=O)[O-])c1. The van der Waals surface area contributed by atoms with Crippen molar-refractivity contribution in [2.24, 2.45) is 0 Å². The fourth-order valence-corrected chi connectivity index (χ4v) is 1.90. The molecular formula is C12H13ClN2O5. The van der Waals surface area contributed by atoms with Gasteiger partial charge in [0.1, 0.15) is 6.54 Å². The van der Waals surface area contributed by atoms with Crippen LogP contribution >= 0.6 is 11.6 Å². The first-order valence-corrected chi connectivity index (χ1v) is 6.19. The fourth-order valence-electron chi connectivity index (χ4n) is 1.67. The van der Waals surface area contributed by atoms with Crippen molar-refractivity contribution in [1.29, 1.82) is 0 Å². The van der Waals surface area contributed by atoms with Crippen LogP contribution < -0.4 is 0 Å². The Kier molecular flexibility index (Phi) is 5.45. The minimum absolute atomic E-state index is 0.00102. The van der Waals surface area contributed by atoms with Gasteiger partial charge >= 0.3 is 5.97 Å². The highest BCUT2D eigenvalue weighted by molar-refractivity contribution is 6.31. The molecule has 0 saturated heterocycles. The van der Waals surface area contributed by atoms with E-state index in [2.05, 4.69) is 0 Å². The van der Waals surface area contributed by atoms with Crippen LogP contribution in [0.2, 0.25) is 5.02 Å². The minimum Gasteiger partial charge on any atom is -0.480 e. The number of carbonyl (C=O) groups excluding carboxylic acids is 1. The molecule has 1 amide bonds. The number of carbonyl (C=O) groups is 2. The summed E-state index contributed by atoms with van der Waals surface area (Å²) < 4.78 is 0. The molecule has 0 heterocycles. The Morgan fingerprint density at radius 3 is 2.55 bits per heavy atom. The molecule has 0 spiro atoms. The van der Waals surface area contributed by atoms with Gasteiger partial charge in [0.2, 0.25) is 0 Å². The number of hydrogen-bond acceptors (Lipinski definition) is 4. The third-order valence-corrected chi connectivity index (χ3v) is 2.67. The molecule has 0 atom stereocenters. The molecule has 7 nitrogen and oxygen atoms in total. The van der Waals surface area contributed by atoms with E-state index >= 15 is 0 Å². The molecule has 0 aliphatic carbocycles. The summed E-state index contributed by atoms with van der Waals surface area (Å²) >= 11 is 5.73. The molecule has 0 saturated carbocycles. The van der Waals surface area contributed by atoms with Crippen LogP contribution in [0.3, 0.4) is 0 Å². The van der Waals surface area contributed by atoms with Gasteiger partial charge in [-0.15, -0.1) is 0 Å². The molecule has 1 aromatic carbocycles. The lowest BCUT2D eigenvalue weighted by molar-refractivity contribution is -0.384. The summed E-state index contributed by atoms with van der Waals surface area (Å²) in [4.78, 5) is 34.1. The number of carboxylic acid groups (broad SMARTS) is 1. The van der Waals surface area contributed by atoms with Gasteiger partial charge in [0.15, 0.2) is 0 Å². The predicted octanol–water partition coefficient (Wildman–Crippen LogP) is 2.18. The van der Waals surface area contributed by atoms with E-state index in [1.165, 1.54) is 6.07 Å². The molecule has 0 aliphatic heterocycles. The zero-order chi connectivity index (χ0) is 15.3. The lowest BCUT2D eigenvalue weighted by Gasteiger charge is -2.19. The third kappa shape index (κ3) is 4.20. The number of nitro groups is 1. The molecule has 1 N–H and O–H groups in total. The summed E-state index contributed by atoms with van der Waals surface area (Å²) in [5.74, 6) is -1.75. The van der Waals surface area contributed by atoms with E-state index in [0.29, 0.717) is 6.42 Å². The van der Waals surface area contributed by atoms with Crippen LogP contribution in [-0.4, -0.2) is 39.9 Å². The van der Waals surface area contributed by atoms with Gasteiger partial charge in [-0.3, -0.25) is 19.7 Å². The quantitative estimate of drug-likeness (QED) is 0.641. The number of hydrogen-bond donors (Lipinski definition) is 1. The Bertz CT molecular complexity index is 547. The Labute approximate surface area is 119 Å². The number of aliphatic carboxylic acids is 1. The maximum atomic E-state index is 12.2. The summed E-state index contributed by atoms with van der Waals surface area (Å²) in [7, 11) is 0. The highest BCUT2D eigenvalue weighted by Gasteiger charge is 2.20. The molecule has 0 fully saturated rings. The first kappa shape index (κ1) is 15.9. The van der Waals surface area contributed by atoms with Gasteiger partial charge in [0, 0.05) is 29.3 Å². The lowest BCUT2D eigenvalue weighted by Crippen LogP contribution is -2.36. The van der Waals surface area contributed by atoms with Gasteiger partial charge in [-0.05, 0) is 12.5 Å². The number of halogens is 1. The number of nitro benzene ring substituents is 1. The van der Waals surface area contributed by atoms with Crippen molar-refractivity contribution in [1.82, 2.24) is 4.90 Å². The Morgan fingerprint density at radius 1 is 1.40 bits per heavy atom. The van der Waals surface area contributed by atoms with Gasteiger partial charge < -0.3 is 10.0 Å². The highest BCUT2D eigenvalue weighted by atomic mass is 35.5. The molecule has 0 aromatic heterocycles. The Hall–Kier alpha value is -2.15. The summed E-state index contributed by atoms with van der Waals surface area (Å²) in [6.45, 7) is 1.57. The van der Waals surface area contributed by atoms with E-state index in [4.69, 9.17) is 16.7 Å². The second kappa shape index (κ2) is 6.85. The van der Waals surface area contributed by atoms with Crippen molar-refractivity contribution in [2.45, 2.75) is 13.3 Å². The second-order valence-corrected chi connectivity index (χ2v) is 4.51. The van der Waals surface area contributed by atoms with Crippen LogP contribution in [0, 0.1) is 10.1 Å². The van der Waals surface area contributed by atoms with Crippen LogP contribution in [0.5, 0.6) is 0 Å². The zero-order valence-electron chi connectivity index (χ0n) is 10.7. The third-order valence-electron chi connectivity index (χ3n) is 2.45. The van der Waals surface area contributed by atoms with E-state index in [1.54, 1.807) is 6.92 Å². The summed E-state index contributed by atoms with van der Waals surface area (Å²) in [5, 5.41) is 19.6. The van der Waals surface area contributed by atoms with Crippen molar-refractivity contribution >= 4 is 29.2 Å². The van der Waals surface area contributed by atoms with Gasteiger partial charge in [-0.25, -0.2) is 0 Å². The Morgan fingerprint density at radius 2 is 2.05 bits per heavy atom. The average molecular weight is 301 g/mol. The van der Waals surface area contributed by atoms with Crippen LogP contribution in [0.4, 0.5) is 5.69 Å². The smallest absolute Gasteiger partial charge is 0.323 e. The number of non-ortho nitro benzene ring substituents is 1. The van der Waals surface area contributed by atoms with E-state index in [-0.39, 0.29) is 22.8 Å². The van der Waals surface area contributed by atoms with Gasteiger partial charge in [0.05, 0.1) is 4.92 Å². The molecule has 0 radical (unpaired) electrons. The van der Waals surface area contributed by atoms with Crippen molar-refractivity contribution in [3.63, 3.8) is 0 Å². The van der Waals surface area contributed by atoms with Crippen molar-refractivity contribution in [3.05, 3.63) is 38.9 Å². The monoisotopic (exact) mass is 300 g/mol. The molecule has 1 aromatic rings. The zero-order valence-corrected chi connectivity index (χ0v) is 11.5. The molecule has 0 unspecified atom stereocenters. The first-order valence-electron chi connectivity index (χ1n) is 5.81. The minimum atomic E-state index is -1.15. The van der Waals surface area contributed by atoms with Gasteiger partial charge in [-0.1, -0.05) is 18.5 Å². The predicted molar refractivity (Wildman–Crippen MR) is 71.9 cm³/mol. The number of carboxylic acids is 1. The topological polar surface area (TPSA) is 101 Å². The average Bonchev–Trinajstić information content (AvgIpc) is 2.36. The molecular weight excluding hydrogens is 288 g/mol. The van der Waals surface area contributed by atoms with Crippen molar-refractivity contribution < 1.29 is 19.6 Å².